The quantitative estimate of drug-likeness (QED) is 0.813. The molecule has 0 spiro atoms. The van der Waals surface area contributed by atoms with Crippen LogP contribution in [-0.4, -0.2) is 6.54 Å². The van der Waals surface area contributed by atoms with Crippen LogP contribution in [0.4, 0.5) is 0 Å². The van der Waals surface area contributed by atoms with Crippen molar-refractivity contribution >= 4 is 11.6 Å². The first-order valence-corrected chi connectivity index (χ1v) is 5.36. The average Bonchev–Trinajstić information content (AvgIpc) is 2.08. The fourth-order valence-electron chi connectivity index (χ4n) is 1.63. The zero-order valence-corrected chi connectivity index (χ0v) is 9.64. The standard InChI is InChI=1S/C12H18ClN/c1-12(2,7-8-14)9-10-3-5-11(13)6-4-10/h3-6H,7-9,14H2,1-2H3. The summed E-state index contributed by atoms with van der Waals surface area (Å²) in [5, 5.41) is 0.797. The highest BCUT2D eigenvalue weighted by atomic mass is 35.5. The molecule has 0 saturated heterocycles. The van der Waals surface area contributed by atoms with Crippen molar-refractivity contribution in [2.24, 2.45) is 11.1 Å². The SMILES string of the molecule is CC(C)(CCN)Cc1ccc(Cl)cc1. The molecule has 78 valence electrons. The second kappa shape index (κ2) is 4.81. The van der Waals surface area contributed by atoms with Crippen LogP contribution in [0.25, 0.3) is 0 Å². The molecule has 2 N–H and O–H groups in total. The van der Waals surface area contributed by atoms with Gasteiger partial charge in [0.15, 0.2) is 0 Å². The van der Waals surface area contributed by atoms with Gasteiger partial charge in [-0.1, -0.05) is 37.6 Å². The minimum atomic E-state index is 0.280. The minimum Gasteiger partial charge on any atom is -0.330 e. The largest absolute Gasteiger partial charge is 0.330 e. The van der Waals surface area contributed by atoms with Crippen LogP contribution < -0.4 is 5.73 Å². The maximum atomic E-state index is 5.82. The molecule has 1 aromatic rings. The Morgan fingerprint density at radius 3 is 2.29 bits per heavy atom. The summed E-state index contributed by atoms with van der Waals surface area (Å²) in [6.45, 7) is 5.24. The summed E-state index contributed by atoms with van der Waals surface area (Å²) in [6, 6.07) is 8.05. The summed E-state index contributed by atoms with van der Waals surface area (Å²) in [4.78, 5) is 0. The second-order valence-electron chi connectivity index (χ2n) is 4.51. The number of rotatable bonds is 4. The molecule has 14 heavy (non-hydrogen) atoms. The van der Waals surface area contributed by atoms with Gasteiger partial charge < -0.3 is 5.73 Å². The molecule has 2 heteroatoms. The number of hydrogen-bond acceptors (Lipinski definition) is 1. The van der Waals surface area contributed by atoms with Crippen molar-refractivity contribution in [3.8, 4) is 0 Å². The van der Waals surface area contributed by atoms with Gasteiger partial charge in [-0.3, -0.25) is 0 Å². The topological polar surface area (TPSA) is 26.0 Å². The molecule has 0 aromatic heterocycles. The van der Waals surface area contributed by atoms with Crippen LogP contribution in [0.5, 0.6) is 0 Å². The molecule has 0 saturated carbocycles. The first-order valence-electron chi connectivity index (χ1n) is 4.98. The van der Waals surface area contributed by atoms with Crippen molar-refractivity contribution < 1.29 is 0 Å². The predicted octanol–water partition coefficient (Wildman–Crippen LogP) is 3.26. The van der Waals surface area contributed by atoms with Crippen molar-refractivity contribution in [2.75, 3.05) is 6.54 Å². The van der Waals surface area contributed by atoms with Crippen molar-refractivity contribution in [3.63, 3.8) is 0 Å². The van der Waals surface area contributed by atoms with Gasteiger partial charge >= 0.3 is 0 Å². The smallest absolute Gasteiger partial charge is 0.0406 e. The number of hydrogen-bond donors (Lipinski definition) is 1. The Kier molecular flexibility index (Phi) is 3.97. The first-order chi connectivity index (χ1) is 6.53. The third-order valence-corrected chi connectivity index (χ3v) is 2.67. The van der Waals surface area contributed by atoms with Crippen molar-refractivity contribution in [2.45, 2.75) is 26.7 Å². The molecular formula is C12H18ClN. The minimum absolute atomic E-state index is 0.280. The van der Waals surface area contributed by atoms with Gasteiger partial charge in [0.1, 0.15) is 0 Å². The zero-order chi connectivity index (χ0) is 10.6. The average molecular weight is 212 g/mol. The Labute approximate surface area is 91.3 Å². The van der Waals surface area contributed by atoms with E-state index in [1.807, 2.05) is 12.1 Å². The van der Waals surface area contributed by atoms with E-state index in [0.717, 1.165) is 24.4 Å². The van der Waals surface area contributed by atoms with Crippen LogP contribution in [0.1, 0.15) is 25.8 Å². The summed E-state index contributed by atoms with van der Waals surface area (Å²) in [5.41, 5.74) is 7.18. The molecule has 0 unspecified atom stereocenters. The molecule has 1 aromatic carbocycles. The lowest BCUT2D eigenvalue weighted by Crippen LogP contribution is -2.19. The zero-order valence-electron chi connectivity index (χ0n) is 8.89. The highest BCUT2D eigenvalue weighted by molar-refractivity contribution is 6.30. The molecule has 0 amide bonds. The third-order valence-electron chi connectivity index (χ3n) is 2.42. The Morgan fingerprint density at radius 2 is 1.79 bits per heavy atom. The van der Waals surface area contributed by atoms with E-state index in [2.05, 4.69) is 26.0 Å². The maximum absolute atomic E-state index is 5.82. The van der Waals surface area contributed by atoms with E-state index >= 15 is 0 Å². The summed E-state index contributed by atoms with van der Waals surface area (Å²) in [6.07, 6.45) is 2.11. The Balaban J connectivity index is 2.64. The summed E-state index contributed by atoms with van der Waals surface area (Å²) in [5.74, 6) is 0. The van der Waals surface area contributed by atoms with Crippen molar-refractivity contribution in [1.29, 1.82) is 0 Å². The molecule has 0 fully saturated rings. The lowest BCUT2D eigenvalue weighted by atomic mass is 9.83. The number of halogens is 1. The molecule has 0 bridgehead atoms. The van der Waals surface area contributed by atoms with Gasteiger partial charge in [-0.05, 0) is 42.5 Å². The summed E-state index contributed by atoms with van der Waals surface area (Å²) in [7, 11) is 0. The first kappa shape index (κ1) is 11.5. The normalized spacial score (nSPS) is 11.7. The number of benzene rings is 1. The highest BCUT2D eigenvalue weighted by Crippen LogP contribution is 2.25. The fourth-order valence-corrected chi connectivity index (χ4v) is 1.76. The van der Waals surface area contributed by atoms with Crippen molar-refractivity contribution in [3.05, 3.63) is 34.9 Å². The van der Waals surface area contributed by atoms with Crippen LogP contribution in [0, 0.1) is 5.41 Å². The molecular weight excluding hydrogens is 194 g/mol. The van der Waals surface area contributed by atoms with Gasteiger partial charge in [-0.25, -0.2) is 0 Å². The van der Waals surface area contributed by atoms with E-state index in [1.165, 1.54) is 5.56 Å². The van der Waals surface area contributed by atoms with Gasteiger partial charge in [0.2, 0.25) is 0 Å². The van der Waals surface area contributed by atoms with Gasteiger partial charge in [0.05, 0.1) is 0 Å². The molecule has 0 heterocycles. The van der Waals surface area contributed by atoms with Gasteiger partial charge in [0, 0.05) is 5.02 Å². The number of nitrogens with two attached hydrogens (primary N) is 1. The lowest BCUT2D eigenvalue weighted by Gasteiger charge is -2.23. The Morgan fingerprint density at radius 1 is 1.21 bits per heavy atom. The Hall–Kier alpha value is -0.530. The van der Waals surface area contributed by atoms with Crippen LogP contribution in [0.15, 0.2) is 24.3 Å². The molecule has 0 radical (unpaired) electrons. The van der Waals surface area contributed by atoms with E-state index in [9.17, 15) is 0 Å². The van der Waals surface area contributed by atoms with E-state index in [-0.39, 0.29) is 5.41 Å². The van der Waals surface area contributed by atoms with E-state index in [1.54, 1.807) is 0 Å². The molecule has 0 aliphatic carbocycles. The van der Waals surface area contributed by atoms with Crippen LogP contribution in [-0.2, 0) is 6.42 Å². The van der Waals surface area contributed by atoms with E-state index in [0.29, 0.717) is 0 Å². The fraction of sp³-hybridized carbons (Fsp3) is 0.500. The van der Waals surface area contributed by atoms with Crippen LogP contribution >= 0.6 is 11.6 Å². The van der Waals surface area contributed by atoms with Crippen LogP contribution in [0.2, 0.25) is 5.02 Å². The van der Waals surface area contributed by atoms with Crippen LogP contribution in [0.3, 0.4) is 0 Å². The van der Waals surface area contributed by atoms with E-state index in [4.69, 9.17) is 17.3 Å². The van der Waals surface area contributed by atoms with E-state index < -0.39 is 0 Å². The highest BCUT2D eigenvalue weighted by Gasteiger charge is 2.16. The summed E-state index contributed by atoms with van der Waals surface area (Å²) < 4.78 is 0. The molecule has 0 aliphatic rings. The van der Waals surface area contributed by atoms with Gasteiger partial charge in [-0.2, -0.15) is 0 Å². The van der Waals surface area contributed by atoms with Gasteiger partial charge in [0.25, 0.3) is 0 Å². The van der Waals surface area contributed by atoms with Gasteiger partial charge in [-0.15, -0.1) is 0 Å². The monoisotopic (exact) mass is 211 g/mol. The predicted molar refractivity (Wildman–Crippen MR) is 62.6 cm³/mol. The Bertz CT molecular complexity index is 277. The second-order valence-corrected chi connectivity index (χ2v) is 4.94. The molecule has 1 rings (SSSR count). The molecule has 0 aliphatic heterocycles. The summed E-state index contributed by atoms with van der Waals surface area (Å²) >= 11 is 5.82. The molecule has 0 atom stereocenters. The molecule has 1 nitrogen and oxygen atoms in total. The maximum Gasteiger partial charge on any atom is 0.0406 e. The lowest BCUT2D eigenvalue weighted by molar-refractivity contribution is 0.339. The third kappa shape index (κ3) is 3.69. The van der Waals surface area contributed by atoms with Crippen molar-refractivity contribution in [1.82, 2.24) is 0 Å².